The Labute approximate surface area is 59.8 Å². The highest BCUT2D eigenvalue weighted by molar-refractivity contribution is 5.29. The Kier molecular flexibility index (Phi) is 2.23. The molecule has 10 heavy (non-hydrogen) atoms. The maximum absolute atomic E-state index is 4.99. The maximum atomic E-state index is 4.99. The highest BCUT2D eigenvalue weighted by Gasteiger charge is 1.97. The van der Waals surface area contributed by atoms with E-state index in [9.17, 15) is 0 Å². The van der Waals surface area contributed by atoms with Gasteiger partial charge in [-0.2, -0.15) is 5.90 Å². The predicted octanol–water partition coefficient (Wildman–Crippen LogP) is 0.896. The first-order valence-corrected chi connectivity index (χ1v) is 3.18. The van der Waals surface area contributed by atoms with Gasteiger partial charge in [-0.15, -0.1) is 0 Å². The van der Waals surface area contributed by atoms with Crippen molar-refractivity contribution in [3.05, 3.63) is 24.0 Å². The van der Waals surface area contributed by atoms with Crippen molar-refractivity contribution in [2.45, 2.75) is 13.3 Å². The predicted molar refractivity (Wildman–Crippen MR) is 38.4 cm³/mol. The van der Waals surface area contributed by atoms with E-state index in [0.29, 0.717) is 5.75 Å². The van der Waals surface area contributed by atoms with E-state index in [1.54, 1.807) is 12.4 Å². The van der Waals surface area contributed by atoms with Crippen molar-refractivity contribution in [3.63, 3.8) is 0 Å². The molecule has 0 atom stereocenters. The smallest absolute Gasteiger partial charge is 0.168 e. The third-order valence-corrected chi connectivity index (χ3v) is 1.38. The van der Waals surface area contributed by atoms with Crippen LogP contribution in [-0.4, -0.2) is 4.98 Å². The highest BCUT2D eigenvalue weighted by Crippen LogP contribution is 2.14. The average molecular weight is 138 g/mol. The Morgan fingerprint density at radius 1 is 1.70 bits per heavy atom. The Bertz CT molecular complexity index is 190. The van der Waals surface area contributed by atoms with E-state index in [1.807, 2.05) is 13.0 Å². The van der Waals surface area contributed by atoms with Gasteiger partial charge in [0, 0.05) is 6.20 Å². The summed E-state index contributed by atoms with van der Waals surface area (Å²) in [6, 6.07) is 1.89. The molecule has 0 saturated carbocycles. The van der Waals surface area contributed by atoms with Gasteiger partial charge in [-0.1, -0.05) is 6.92 Å². The maximum Gasteiger partial charge on any atom is 0.168 e. The van der Waals surface area contributed by atoms with Crippen LogP contribution in [0.15, 0.2) is 18.5 Å². The lowest BCUT2D eigenvalue weighted by atomic mass is 10.2. The van der Waals surface area contributed by atoms with Crippen LogP contribution in [0.5, 0.6) is 5.75 Å². The standard InChI is InChI=1S/C7H10N2O/c1-2-6-3-4-9-5-7(6)10-8/h3-5H,2,8H2,1H3. The van der Waals surface area contributed by atoms with Crippen LogP contribution in [0.4, 0.5) is 0 Å². The molecule has 0 unspecified atom stereocenters. The van der Waals surface area contributed by atoms with E-state index in [2.05, 4.69) is 9.82 Å². The van der Waals surface area contributed by atoms with E-state index in [0.717, 1.165) is 12.0 Å². The van der Waals surface area contributed by atoms with E-state index >= 15 is 0 Å². The van der Waals surface area contributed by atoms with Crippen LogP contribution in [0.2, 0.25) is 0 Å². The molecule has 0 amide bonds. The summed E-state index contributed by atoms with van der Waals surface area (Å²) in [6.07, 6.45) is 4.25. The van der Waals surface area contributed by atoms with Crippen LogP contribution in [0.25, 0.3) is 0 Å². The van der Waals surface area contributed by atoms with Crippen molar-refractivity contribution in [3.8, 4) is 5.75 Å². The van der Waals surface area contributed by atoms with Crippen molar-refractivity contribution in [1.82, 2.24) is 4.98 Å². The molecule has 0 spiro atoms. The highest BCUT2D eigenvalue weighted by atomic mass is 16.6. The van der Waals surface area contributed by atoms with Crippen LogP contribution < -0.4 is 10.7 Å². The molecule has 3 heteroatoms. The average Bonchev–Trinajstić information content (AvgIpc) is 2.04. The first kappa shape index (κ1) is 7.02. The largest absolute Gasteiger partial charge is 0.410 e. The van der Waals surface area contributed by atoms with Gasteiger partial charge in [0.15, 0.2) is 5.75 Å². The van der Waals surface area contributed by atoms with Crippen LogP contribution in [0, 0.1) is 0 Å². The molecule has 2 N–H and O–H groups in total. The fourth-order valence-corrected chi connectivity index (χ4v) is 0.807. The Morgan fingerprint density at radius 3 is 3.00 bits per heavy atom. The SMILES string of the molecule is CCc1ccncc1ON. The van der Waals surface area contributed by atoms with Crippen molar-refractivity contribution in [1.29, 1.82) is 0 Å². The molecule has 1 aromatic rings. The van der Waals surface area contributed by atoms with Gasteiger partial charge in [0.1, 0.15) is 0 Å². The lowest BCUT2D eigenvalue weighted by Crippen LogP contribution is -2.04. The van der Waals surface area contributed by atoms with Gasteiger partial charge in [0.25, 0.3) is 0 Å². The second kappa shape index (κ2) is 3.17. The molecule has 0 bridgehead atoms. The van der Waals surface area contributed by atoms with Crippen molar-refractivity contribution >= 4 is 0 Å². The van der Waals surface area contributed by atoms with Gasteiger partial charge < -0.3 is 4.84 Å². The molecular weight excluding hydrogens is 128 g/mol. The number of pyridine rings is 1. The van der Waals surface area contributed by atoms with E-state index in [4.69, 9.17) is 5.90 Å². The second-order valence-electron chi connectivity index (χ2n) is 1.95. The summed E-state index contributed by atoms with van der Waals surface area (Å²) in [5.74, 6) is 5.64. The first-order valence-electron chi connectivity index (χ1n) is 3.18. The number of rotatable bonds is 2. The molecular formula is C7H10N2O. The monoisotopic (exact) mass is 138 g/mol. The third kappa shape index (κ3) is 1.25. The van der Waals surface area contributed by atoms with Crippen molar-refractivity contribution < 1.29 is 4.84 Å². The number of nitrogens with two attached hydrogens (primary N) is 1. The van der Waals surface area contributed by atoms with Crippen LogP contribution in [0.3, 0.4) is 0 Å². The molecule has 3 nitrogen and oxygen atoms in total. The van der Waals surface area contributed by atoms with Crippen molar-refractivity contribution in [2.75, 3.05) is 0 Å². The number of aryl methyl sites for hydroxylation is 1. The molecule has 1 rings (SSSR count). The molecule has 1 aromatic heterocycles. The minimum absolute atomic E-state index is 0.657. The molecule has 0 aliphatic heterocycles. The van der Waals surface area contributed by atoms with Gasteiger partial charge >= 0.3 is 0 Å². The number of nitrogens with zero attached hydrogens (tertiary/aromatic N) is 1. The zero-order valence-corrected chi connectivity index (χ0v) is 5.87. The molecule has 0 aliphatic rings. The van der Waals surface area contributed by atoms with Crippen LogP contribution in [-0.2, 0) is 6.42 Å². The molecule has 0 aromatic carbocycles. The molecule has 54 valence electrons. The van der Waals surface area contributed by atoms with Gasteiger partial charge in [0.05, 0.1) is 6.20 Å². The van der Waals surface area contributed by atoms with Crippen molar-refractivity contribution in [2.24, 2.45) is 5.90 Å². The van der Waals surface area contributed by atoms with E-state index in [1.165, 1.54) is 0 Å². The Morgan fingerprint density at radius 2 is 2.50 bits per heavy atom. The van der Waals surface area contributed by atoms with Crippen LogP contribution in [0.1, 0.15) is 12.5 Å². The number of hydrogen-bond donors (Lipinski definition) is 1. The summed E-state index contributed by atoms with van der Waals surface area (Å²) >= 11 is 0. The zero-order valence-electron chi connectivity index (χ0n) is 5.87. The molecule has 0 aliphatic carbocycles. The number of aromatic nitrogens is 1. The fourth-order valence-electron chi connectivity index (χ4n) is 0.807. The van der Waals surface area contributed by atoms with Gasteiger partial charge in [-0.25, -0.2) is 0 Å². The Balaban J connectivity index is 2.96. The molecule has 0 saturated heterocycles. The molecule has 1 heterocycles. The van der Waals surface area contributed by atoms with Gasteiger partial charge in [-0.05, 0) is 18.1 Å². The summed E-state index contributed by atoms with van der Waals surface area (Å²) in [7, 11) is 0. The second-order valence-corrected chi connectivity index (χ2v) is 1.95. The molecule has 0 fully saturated rings. The number of hydrogen-bond acceptors (Lipinski definition) is 3. The fraction of sp³-hybridized carbons (Fsp3) is 0.286. The van der Waals surface area contributed by atoms with Crippen LogP contribution >= 0.6 is 0 Å². The topological polar surface area (TPSA) is 48.1 Å². The summed E-state index contributed by atoms with van der Waals surface area (Å²) in [6.45, 7) is 2.04. The first-order chi connectivity index (χ1) is 4.88. The minimum Gasteiger partial charge on any atom is -0.410 e. The van der Waals surface area contributed by atoms with E-state index in [-0.39, 0.29) is 0 Å². The minimum atomic E-state index is 0.657. The lowest BCUT2D eigenvalue weighted by molar-refractivity contribution is 0.329. The Hall–Kier alpha value is -1.09. The quantitative estimate of drug-likeness (QED) is 0.617. The summed E-state index contributed by atoms with van der Waals surface area (Å²) in [5.41, 5.74) is 1.08. The lowest BCUT2D eigenvalue weighted by Gasteiger charge is -2.01. The summed E-state index contributed by atoms with van der Waals surface area (Å²) in [4.78, 5) is 8.43. The van der Waals surface area contributed by atoms with E-state index < -0.39 is 0 Å². The molecule has 0 radical (unpaired) electrons. The normalized spacial score (nSPS) is 9.40. The summed E-state index contributed by atoms with van der Waals surface area (Å²) < 4.78 is 0. The summed E-state index contributed by atoms with van der Waals surface area (Å²) in [5, 5.41) is 0. The third-order valence-electron chi connectivity index (χ3n) is 1.38. The van der Waals surface area contributed by atoms with Gasteiger partial charge in [0.2, 0.25) is 0 Å². The zero-order chi connectivity index (χ0) is 7.40. The van der Waals surface area contributed by atoms with Gasteiger partial charge in [-0.3, -0.25) is 4.98 Å².